The Morgan fingerprint density at radius 1 is 0.741 bits per heavy atom. The topological polar surface area (TPSA) is 58.9 Å². The molecule has 2 aromatic carbocycles. The number of ether oxygens (including phenoxy) is 2. The smallest absolute Gasteiger partial charge is 0.118 e. The molecule has 4 heteroatoms. The third-order valence-corrected chi connectivity index (χ3v) is 4.30. The highest BCUT2D eigenvalue weighted by Crippen LogP contribution is 2.24. The van der Waals surface area contributed by atoms with Crippen LogP contribution in [0.1, 0.15) is 45.7 Å². The Kier molecular flexibility index (Phi) is 8.80. The van der Waals surface area contributed by atoms with Crippen LogP contribution < -0.4 is 0 Å². The molecule has 0 aliphatic rings. The second kappa shape index (κ2) is 10.3. The first-order valence-corrected chi connectivity index (χ1v) is 9.33. The molecule has 27 heavy (non-hydrogen) atoms. The van der Waals surface area contributed by atoms with E-state index in [0.29, 0.717) is 18.1 Å². The number of hydrogen-bond acceptors (Lipinski definition) is 4. The summed E-state index contributed by atoms with van der Waals surface area (Å²) < 4.78 is 10.9. The van der Waals surface area contributed by atoms with Crippen molar-refractivity contribution in [2.45, 2.75) is 58.7 Å². The second-order valence-electron chi connectivity index (χ2n) is 7.77. The summed E-state index contributed by atoms with van der Waals surface area (Å²) in [6.07, 6.45) is 1.45. The van der Waals surface area contributed by atoms with E-state index in [0.717, 1.165) is 24.0 Å². The van der Waals surface area contributed by atoms with E-state index in [1.807, 2.05) is 71.0 Å². The van der Waals surface area contributed by atoms with Gasteiger partial charge < -0.3 is 19.7 Å². The Morgan fingerprint density at radius 3 is 1.52 bits per heavy atom. The van der Waals surface area contributed by atoms with Crippen molar-refractivity contribution in [3.8, 4) is 11.5 Å². The number of phenolic OH excluding ortho intramolecular Hbond substituents is 2. The van der Waals surface area contributed by atoms with E-state index in [2.05, 4.69) is 0 Å². The molecule has 0 aliphatic carbocycles. The van der Waals surface area contributed by atoms with Gasteiger partial charge in [0.1, 0.15) is 11.5 Å². The minimum Gasteiger partial charge on any atom is -0.508 e. The van der Waals surface area contributed by atoms with Crippen molar-refractivity contribution in [2.24, 2.45) is 0 Å². The van der Waals surface area contributed by atoms with Crippen LogP contribution in [0.4, 0.5) is 0 Å². The molecule has 2 aromatic rings. The zero-order valence-electron chi connectivity index (χ0n) is 17.5. The Labute approximate surface area is 163 Å². The molecule has 2 rings (SSSR count). The normalized spacial score (nSPS) is 11.6. The first-order chi connectivity index (χ1) is 12.6. The number of phenols is 2. The van der Waals surface area contributed by atoms with E-state index in [1.54, 1.807) is 19.2 Å². The van der Waals surface area contributed by atoms with Gasteiger partial charge in [0.25, 0.3) is 0 Å². The zero-order valence-corrected chi connectivity index (χ0v) is 17.5. The third-order valence-electron chi connectivity index (χ3n) is 4.30. The zero-order chi connectivity index (χ0) is 20.5. The van der Waals surface area contributed by atoms with E-state index in [1.165, 1.54) is 0 Å². The molecule has 0 amide bonds. The monoisotopic (exact) mass is 374 g/mol. The molecule has 0 radical (unpaired) electrons. The van der Waals surface area contributed by atoms with Crippen molar-refractivity contribution in [1.82, 2.24) is 0 Å². The van der Waals surface area contributed by atoms with Crippen LogP contribution in [-0.4, -0.2) is 35.1 Å². The summed E-state index contributed by atoms with van der Waals surface area (Å²) in [7, 11) is 1.68. The van der Waals surface area contributed by atoms with Gasteiger partial charge >= 0.3 is 0 Å². The lowest BCUT2D eigenvalue weighted by Crippen LogP contribution is -2.27. The SMILES string of the molecule is CCOC(C)(C)Cc1ccccc1O.COC(C)(C)Cc1ccccc1O. The fourth-order valence-electron chi connectivity index (χ4n) is 2.75. The van der Waals surface area contributed by atoms with Gasteiger partial charge in [0.05, 0.1) is 11.2 Å². The highest BCUT2D eigenvalue weighted by atomic mass is 16.5. The van der Waals surface area contributed by atoms with Crippen LogP contribution in [-0.2, 0) is 22.3 Å². The molecule has 0 bridgehead atoms. The van der Waals surface area contributed by atoms with Gasteiger partial charge in [-0.1, -0.05) is 36.4 Å². The number of aromatic hydroxyl groups is 2. The van der Waals surface area contributed by atoms with Gasteiger partial charge in [-0.2, -0.15) is 0 Å². The number of rotatable bonds is 7. The fourth-order valence-corrected chi connectivity index (χ4v) is 2.75. The molecule has 2 N–H and O–H groups in total. The van der Waals surface area contributed by atoms with Crippen molar-refractivity contribution < 1.29 is 19.7 Å². The maximum absolute atomic E-state index is 9.59. The summed E-state index contributed by atoms with van der Waals surface area (Å²) in [5.41, 5.74) is 1.42. The van der Waals surface area contributed by atoms with Crippen LogP contribution in [0.15, 0.2) is 48.5 Å². The van der Waals surface area contributed by atoms with Gasteiger partial charge in [-0.05, 0) is 57.9 Å². The predicted octanol–water partition coefficient (Wildman–Crippen LogP) is 5.11. The van der Waals surface area contributed by atoms with E-state index in [9.17, 15) is 10.2 Å². The molecule has 0 saturated carbocycles. The van der Waals surface area contributed by atoms with Crippen LogP contribution in [0.3, 0.4) is 0 Å². The summed E-state index contributed by atoms with van der Waals surface area (Å²) in [5, 5.41) is 19.1. The van der Waals surface area contributed by atoms with E-state index in [-0.39, 0.29) is 11.2 Å². The maximum Gasteiger partial charge on any atom is 0.118 e. The lowest BCUT2D eigenvalue weighted by Gasteiger charge is -2.24. The first kappa shape index (κ1) is 23.0. The number of benzene rings is 2. The van der Waals surface area contributed by atoms with Crippen molar-refractivity contribution in [2.75, 3.05) is 13.7 Å². The summed E-state index contributed by atoms with van der Waals surface area (Å²) >= 11 is 0. The Balaban J connectivity index is 0.000000271. The van der Waals surface area contributed by atoms with Crippen LogP contribution in [0.25, 0.3) is 0 Å². The van der Waals surface area contributed by atoms with Gasteiger partial charge in [0, 0.05) is 26.6 Å². The van der Waals surface area contributed by atoms with Crippen molar-refractivity contribution in [1.29, 1.82) is 0 Å². The quantitative estimate of drug-likeness (QED) is 0.707. The largest absolute Gasteiger partial charge is 0.508 e. The molecular weight excluding hydrogens is 340 g/mol. The average Bonchev–Trinajstić information content (AvgIpc) is 2.59. The highest BCUT2D eigenvalue weighted by Gasteiger charge is 2.20. The third kappa shape index (κ3) is 8.46. The number of hydrogen-bond donors (Lipinski definition) is 2. The molecule has 150 valence electrons. The molecule has 0 aliphatic heterocycles. The molecule has 0 atom stereocenters. The summed E-state index contributed by atoms with van der Waals surface area (Å²) in [6.45, 7) is 10.7. The van der Waals surface area contributed by atoms with Gasteiger partial charge in [-0.15, -0.1) is 0 Å². The van der Waals surface area contributed by atoms with Crippen LogP contribution in [0.5, 0.6) is 11.5 Å². The number of methoxy groups -OCH3 is 1. The fraction of sp³-hybridized carbons (Fsp3) is 0.478. The molecule has 0 unspecified atom stereocenters. The van der Waals surface area contributed by atoms with Gasteiger partial charge in [-0.3, -0.25) is 0 Å². The predicted molar refractivity (Wildman–Crippen MR) is 110 cm³/mol. The minimum absolute atomic E-state index is 0.215. The van der Waals surface area contributed by atoms with Crippen LogP contribution in [0, 0.1) is 0 Å². The van der Waals surface area contributed by atoms with Crippen molar-refractivity contribution >= 4 is 0 Å². The molecule has 0 saturated heterocycles. The first-order valence-electron chi connectivity index (χ1n) is 9.33. The van der Waals surface area contributed by atoms with E-state index >= 15 is 0 Å². The van der Waals surface area contributed by atoms with Crippen LogP contribution >= 0.6 is 0 Å². The van der Waals surface area contributed by atoms with Crippen molar-refractivity contribution in [3.63, 3.8) is 0 Å². The molecule has 0 aromatic heterocycles. The Hall–Kier alpha value is -2.04. The lowest BCUT2D eigenvalue weighted by molar-refractivity contribution is -0.00968. The second-order valence-corrected chi connectivity index (χ2v) is 7.77. The van der Waals surface area contributed by atoms with Gasteiger partial charge in [0.15, 0.2) is 0 Å². The van der Waals surface area contributed by atoms with Gasteiger partial charge in [0.2, 0.25) is 0 Å². The minimum atomic E-state index is -0.223. The average molecular weight is 375 g/mol. The summed E-state index contributed by atoms with van der Waals surface area (Å²) in [4.78, 5) is 0. The Bertz CT molecular complexity index is 692. The van der Waals surface area contributed by atoms with Gasteiger partial charge in [-0.25, -0.2) is 0 Å². The van der Waals surface area contributed by atoms with E-state index < -0.39 is 0 Å². The van der Waals surface area contributed by atoms with Crippen molar-refractivity contribution in [3.05, 3.63) is 59.7 Å². The molecule has 4 nitrogen and oxygen atoms in total. The van der Waals surface area contributed by atoms with E-state index in [4.69, 9.17) is 9.47 Å². The summed E-state index contributed by atoms with van der Waals surface area (Å²) in [5.74, 6) is 0.688. The molecule has 0 spiro atoms. The summed E-state index contributed by atoms with van der Waals surface area (Å²) in [6, 6.07) is 14.7. The lowest BCUT2D eigenvalue weighted by atomic mass is 9.98. The molecule has 0 fully saturated rings. The van der Waals surface area contributed by atoms with Crippen LogP contribution in [0.2, 0.25) is 0 Å². The Morgan fingerprint density at radius 2 is 1.15 bits per heavy atom. The number of para-hydroxylation sites is 2. The maximum atomic E-state index is 9.59. The highest BCUT2D eigenvalue weighted by molar-refractivity contribution is 5.33. The molecule has 0 heterocycles. The molecular formula is C23H34O4. The standard InChI is InChI=1S/C12H18O2.C11H16O2/c1-4-14-12(2,3)9-10-7-5-6-8-11(10)13;1-11(2,13-3)8-9-6-4-5-7-10(9)12/h5-8,13H,4,9H2,1-3H3;4-7,12H,8H2,1-3H3.